The number of anilines is 1. The molecule has 3 aromatic carbocycles. The van der Waals surface area contributed by atoms with Crippen LogP contribution in [0.5, 0.6) is 0 Å². The molecule has 0 bridgehead atoms. The third kappa shape index (κ3) is 4.86. The van der Waals surface area contributed by atoms with Gasteiger partial charge in [-0.15, -0.1) is 0 Å². The van der Waals surface area contributed by atoms with Gasteiger partial charge in [0, 0.05) is 43.3 Å². The van der Waals surface area contributed by atoms with Crippen molar-refractivity contribution in [2.75, 3.05) is 18.9 Å². The molecule has 1 heterocycles. The molecule has 0 saturated carbocycles. The van der Waals surface area contributed by atoms with E-state index in [-0.39, 0.29) is 23.8 Å². The Hall–Kier alpha value is -4.03. The molecular formula is C30H30N4O2. The minimum absolute atomic E-state index is 0.108. The molecule has 1 aliphatic rings. The van der Waals surface area contributed by atoms with Gasteiger partial charge in [0.25, 0.3) is 5.91 Å². The quantitative estimate of drug-likeness (QED) is 0.405. The number of carbonyl (C=O) groups is 2. The number of benzene rings is 3. The molecule has 6 nitrogen and oxygen atoms in total. The number of hydrogen-bond donors (Lipinski definition) is 2. The summed E-state index contributed by atoms with van der Waals surface area (Å²) < 4.78 is 0. The Morgan fingerprint density at radius 3 is 2.56 bits per heavy atom. The van der Waals surface area contributed by atoms with Crippen molar-refractivity contribution in [2.45, 2.75) is 31.2 Å². The van der Waals surface area contributed by atoms with Crippen LogP contribution in [0.3, 0.4) is 0 Å². The summed E-state index contributed by atoms with van der Waals surface area (Å²) in [4.78, 5) is 31.8. The van der Waals surface area contributed by atoms with Gasteiger partial charge in [-0.2, -0.15) is 0 Å². The number of nitrogens with two attached hydrogens (primary N) is 1. The van der Waals surface area contributed by atoms with Crippen LogP contribution in [0.15, 0.2) is 85.2 Å². The number of hydrogen-bond acceptors (Lipinski definition) is 4. The maximum Gasteiger partial charge on any atom is 0.255 e. The number of likely N-dealkylation sites (N-methyl/N-ethyl adjacent to an activating group) is 1. The fraction of sp³-hybridized carbons (Fsp3) is 0.233. The van der Waals surface area contributed by atoms with E-state index >= 15 is 0 Å². The smallest absolute Gasteiger partial charge is 0.255 e. The highest BCUT2D eigenvalue weighted by molar-refractivity contribution is 6.04. The summed E-state index contributed by atoms with van der Waals surface area (Å²) in [6.07, 6.45) is 6.12. The lowest BCUT2D eigenvalue weighted by Crippen LogP contribution is -2.38. The summed E-state index contributed by atoms with van der Waals surface area (Å²) in [5.74, 6) is -0.246. The minimum atomic E-state index is -0.355. The van der Waals surface area contributed by atoms with E-state index in [0.29, 0.717) is 17.8 Å². The second kappa shape index (κ2) is 10.3. The van der Waals surface area contributed by atoms with Crippen LogP contribution >= 0.6 is 0 Å². The third-order valence-electron chi connectivity index (χ3n) is 7.03. The van der Waals surface area contributed by atoms with Crippen molar-refractivity contribution in [3.05, 3.63) is 107 Å². The van der Waals surface area contributed by atoms with Gasteiger partial charge in [0.1, 0.15) is 0 Å². The molecule has 2 atom stereocenters. The van der Waals surface area contributed by atoms with Gasteiger partial charge in [0.15, 0.2) is 0 Å². The maximum atomic E-state index is 13.6. The molecule has 4 aromatic rings. The van der Waals surface area contributed by atoms with Gasteiger partial charge in [0.05, 0.1) is 5.92 Å². The number of nitrogens with one attached hydrogen (secondary N) is 1. The van der Waals surface area contributed by atoms with Crippen LogP contribution in [0.2, 0.25) is 0 Å². The molecule has 36 heavy (non-hydrogen) atoms. The van der Waals surface area contributed by atoms with Crippen LogP contribution in [0.25, 0.3) is 10.8 Å². The summed E-state index contributed by atoms with van der Waals surface area (Å²) in [5.41, 5.74) is 11.1. The molecule has 2 amide bonds. The second-order valence-corrected chi connectivity index (χ2v) is 9.44. The van der Waals surface area contributed by atoms with Crippen molar-refractivity contribution in [1.82, 2.24) is 9.88 Å². The Bertz CT molecular complexity index is 1390. The maximum absolute atomic E-state index is 13.6. The van der Waals surface area contributed by atoms with Crippen LogP contribution in [-0.2, 0) is 11.2 Å². The highest BCUT2D eigenvalue weighted by Gasteiger charge is 2.30. The topological polar surface area (TPSA) is 88.3 Å². The second-order valence-electron chi connectivity index (χ2n) is 9.44. The summed E-state index contributed by atoms with van der Waals surface area (Å²) in [6, 6.07) is 23.0. The Morgan fingerprint density at radius 1 is 1.03 bits per heavy atom. The van der Waals surface area contributed by atoms with Crippen molar-refractivity contribution in [2.24, 2.45) is 5.73 Å². The highest BCUT2D eigenvalue weighted by Crippen LogP contribution is 2.38. The molecule has 6 heteroatoms. The van der Waals surface area contributed by atoms with Crippen molar-refractivity contribution in [1.29, 1.82) is 0 Å². The Balaban J connectivity index is 1.27. The molecule has 0 spiro atoms. The van der Waals surface area contributed by atoms with Crippen molar-refractivity contribution < 1.29 is 9.59 Å². The van der Waals surface area contributed by atoms with E-state index in [9.17, 15) is 9.59 Å². The van der Waals surface area contributed by atoms with Gasteiger partial charge < -0.3 is 16.0 Å². The first-order valence-corrected chi connectivity index (χ1v) is 12.3. The van der Waals surface area contributed by atoms with Gasteiger partial charge in [-0.25, -0.2) is 0 Å². The van der Waals surface area contributed by atoms with E-state index in [0.717, 1.165) is 24.8 Å². The number of amides is 2. The zero-order valence-corrected chi connectivity index (χ0v) is 20.4. The lowest BCUT2D eigenvalue weighted by molar-refractivity contribution is -0.132. The van der Waals surface area contributed by atoms with E-state index in [1.165, 1.54) is 21.9 Å². The van der Waals surface area contributed by atoms with E-state index in [1.807, 2.05) is 31.3 Å². The minimum Gasteiger partial charge on any atom is -0.343 e. The highest BCUT2D eigenvalue weighted by atomic mass is 16.2. The lowest BCUT2D eigenvalue weighted by atomic mass is 9.79. The number of rotatable bonds is 6. The molecule has 0 radical (unpaired) electrons. The fourth-order valence-corrected chi connectivity index (χ4v) is 5.13. The summed E-state index contributed by atoms with van der Waals surface area (Å²) >= 11 is 0. The summed E-state index contributed by atoms with van der Waals surface area (Å²) in [5, 5.41) is 5.19. The van der Waals surface area contributed by atoms with Crippen LogP contribution in [0.1, 0.15) is 51.8 Å². The normalized spacial score (nSPS) is 15.7. The first-order chi connectivity index (χ1) is 17.5. The fourth-order valence-electron chi connectivity index (χ4n) is 5.13. The average molecular weight is 479 g/mol. The van der Waals surface area contributed by atoms with Crippen LogP contribution in [0.4, 0.5) is 5.69 Å². The van der Waals surface area contributed by atoms with E-state index in [4.69, 9.17) is 5.73 Å². The molecule has 0 aliphatic heterocycles. The zero-order valence-electron chi connectivity index (χ0n) is 20.4. The van der Waals surface area contributed by atoms with Gasteiger partial charge in [-0.1, -0.05) is 48.5 Å². The number of nitrogens with zero attached hydrogens (tertiary/aromatic N) is 2. The Kier molecular flexibility index (Phi) is 6.78. The molecule has 3 N–H and O–H groups in total. The summed E-state index contributed by atoms with van der Waals surface area (Å²) in [7, 11) is 1.83. The van der Waals surface area contributed by atoms with Gasteiger partial charge in [-0.3, -0.25) is 14.6 Å². The number of aryl methyl sites for hydroxylation is 1. The van der Waals surface area contributed by atoms with E-state index in [2.05, 4.69) is 34.6 Å². The van der Waals surface area contributed by atoms with Crippen LogP contribution in [-0.4, -0.2) is 35.3 Å². The SMILES string of the molecule is CN(CC(N)c1ccc(C(=O)Nc2ccncc2)cc1)C(=O)C1CCCc2ccc3ccccc3c21. The standard InChI is InChI=1S/C30H30N4O2/c1-34(30(36)26-8-4-6-22-12-9-20-5-2-3-7-25(20)28(22)26)19-27(31)21-10-13-23(14-11-21)29(35)33-24-15-17-32-18-16-24/h2-3,5,7,9-18,26-27H,4,6,8,19,31H2,1H3,(H,32,33,35). The third-order valence-corrected chi connectivity index (χ3v) is 7.03. The first kappa shape index (κ1) is 23.7. The number of pyridine rings is 1. The molecule has 0 fully saturated rings. The van der Waals surface area contributed by atoms with Crippen LogP contribution in [0, 0.1) is 0 Å². The van der Waals surface area contributed by atoms with Gasteiger partial charge in [0.2, 0.25) is 5.91 Å². The lowest BCUT2D eigenvalue weighted by Gasteiger charge is -2.31. The molecular weight excluding hydrogens is 448 g/mol. The summed E-state index contributed by atoms with van der Waals surface area (Å²) in [6.45, 7) is 0.401. The van der Waals surface area contributed by atoms with E-state index in [1.54, 1.807) is 41.6 Å². The van der Waals surface area contributed by atoms with Crippen molar-refractivity contribution >= 4 is 28.3 Å². The van der Waals surface area contributed by atoms with Crippen molar-refractivity contribution in [3.63, 3.8) is 0 Å². The number of aromatic nitrogens is 1. The first-order valence-electron chi connectivity index (χ1n) is 12.3. The molecule has 0 saturated heterocycles. The van der Waals surface area contributed by atoms with Gasteiger partial charge in [-0.05, 0) is 71.0 Å². The van der Waals surface area contributed by atoms with Gasteiger partial charge >= 0.3 is 0 Å². The Labute approximate surface area is 211 Å². The number of fused-ring (bicyclic) bond motifs is 3. The van der Waals surface area contributed by atoms with Crippen molar-refractivity contribution in [3.8, 4) is 0 Å². The Morgan fingerprint density at radius 2 is 1.78 bits per heavy atom. The predicted octanol–water partition coefficient (Wildman–Crippen LogP) is 5.07. The predicted molar refractivity (Wildman–Crippen MR) is 143 cm³/mol. The molecule has 2 unspecified atom stereocenters. The molecule has 1 aromatic heterocycles. The van der Waals surface area contributed by atoms with Crippen LogP contribution < -0.4 is 11.1 Å². The molecule has 5 rings (SSSR count). The average Bonchev–Trinajstić information content (AvgIpc) is 2.92. The molecule has 1 aliphatic carbocycles. The monoisotopic (exact) mass is 478 g/mol. The van der Waals surface area contributed by atoms with E-state index < -0.39 is 0 Å². The largest absolute Gasteiger partial charge is 0.343 e. The zero-order chi connectivity index (χ0) is 25.1. The molecule has 182 valence electrons. The number of carbonyl (C=O) groups excluding carboxylic acids is 2.